The Hall–Kier alpha value is -0.0800. The monoisotopic (exact) mass is 213 g/mol. The third kappa shape index (κ3) is 5.53. The van der Waals surface area contributed by atoms with Crippen molar-refractivity contribution < 1.29 is 4.74 Å². The zero-order valence-electron chi connectivity index (χ0n) is 10.4. The van der Waals surface area contributed by atoms with Gasteiger partial charge in [-0.25, -0.2) is 0 Å². The van der Waals surface area contributed by atoms with Crippen LogP contribution >= 0.6 is 0 Å². The predicted molar refractivity (Wildman–Crippen MR) is 65.2 cm³/mol. The Balaban J connectivity index is 2.27. The molecular formula is C13H27NO. The molecule has 0 saturated heterocycles. The molecule has 15 heavy (non-hydrogen) atoms. The largest absolute Gasteiger partial charge is 0.383 e. The van der Waals surface area contributed by atoms with Crippen LogP contribution in [0.4, 0.5) is 0 Å². The van der Waals surface area contributed by atoms with Gasteiger partial charge >= 0.3 is 0 Å². The third-order valence-electron chi connectivity index (χ3n) is 3.33. The summed E-state index contributed by atoms with van der Waals surface area (Å²) in [5.74, 6) is 0. The van der Waals surface area contributed by atoms with Gasteiger partial charge in [0, 0.05) is 19.2 Å². The Kier molecular flexibility index (Phi) is 7.03. The van der Waals surface area contributed by atoms with Crippen LogP contribution in [0.25, 0.3) is 0 Å². The molecule has 0 aromatic heterocycles. The van der Waals surface area contributed by atoms with Gasteiger partial charge in [-0.1, -0.05) is 39.0 Å². The van der Waals surface area contributed by atoms with E-state index in [0.717, 1.165) is 12.6 Å². The van der Waals surface area contributed by atoms with Crippen molar-refractivity contribution in [2.45, 2.75) is 70.4 Å². The van der Waals surface area contributed by atoms with Crippen LogP contribution in [0.2, 0.25) is 0 Å². The lowest BCUT2D eigenvalue weighted by atomic mass is 10.1. The first-order valence-electron chi connectivity index (χ1n) is 6.61. The van der Waals surface area contributed by atoms with Gasteiger partial charge in [0.1, 0.15) is 0 Å². The highest BCUT2D eigenvalue weighted by atomic mass is 16.5. The van der Waals surface area contributed by atoms with E-state index in [1.54, 1.807) is 7.11 Å². The average molecular weight is 213 g/mol. The second kappa shape index (κ2) is 8.12. The lowest BCUT2D eigenvalue weighted by molar-refractivity contribution is 0.154. The fourth-order valence-corrected chi connectivity index (χ4v) is 2.54. The average Bonchev–Trinajstić information content (AvgIpc) is 2.47. The normalized spacial score (nSPS) is 21.2. The minimum absolute atomic E-state index is 0.572. The third-order valence-corrected chi connectivity index (χ3v) is 3.33. The van der Waals surface area contributed by atoms with Crippen LogP contribution in [-0.2, 0) is 4.74 Å². The first kappa shape index (κ1) is 13.0. The Morgan fingerprint density at radius 1 is 1.20 bits per heavy atom. The summed E-state index contributed by atoms with van der Waals surface area (Å²) >= 11 is 0. The molecule has 90 valence electrons. The van der Waals surface area contributed by atoms with Gasteiger partial charge in [-0.05, 0) is 19.3 Å². The molecular weight excluding hydrogens is 186 g/mol. The number of rotatable bonds is 6. The van der Waals surface area contributed by atoms with Crippen LogP contribution in [0, 0.1) is 0 Å². The number of nitrogens with one attached hydrogen (secondary N) is 1. The van der Waals surface area contributed by atoms with Crippen molar-refractivity contribution in [3.05, 3.63) is 0 Å². The summed E-state index contributed by atoms with van der Waals surface area (Å²) < 4.78 is 5.27. The maximum absolute atomic E-state index is 5.27. The summed E-state index contributed by atoms with van der Waals surface area (Å²) in [5, 5.41) is 3.77. The van der Waals surface area contributed by atoms with Gasteiger partial charge in [0.2, 0.25) is 0 Å². The second-order valence-electron chi connectivity index (χ2n) is 4.80. The van der Waals surface area contributed by atoms with Gasteiger partial charge in [-0.3, -0.25) is 0 Å². The highest BCUT2D eigenvalue weighted by Gasteiger charge is 2.16. The minimum Gasteiger partial charge on any atom is -0.383 e. The molecule has 1 aliphatic carbocycles. The van der Waals surface area contributed by atoms with Crippen LogP contribution in [0.15, 0.2) is 0 Å². The van der Waals surface area contributed by atoms with Crippen molar-refractivity contribution in [1.82, 2.24) is 5.32 Å². The zero-order chi connectivity index (χ0) is 10.9. The number of hydrogen-bond acceptors (Lipinski definition) is 2. The lowest BCUT2D eigenvalue weighted by Gasteiger charge is -2.24. The van der Waals surface area contributed by atoms with E-state index in [2.05, 4.69) is 12.2 Å². The molecule has 0 spiro atoms. The molecule has 1 saturated carbocycles. The van der Waals surface area contributed by atoms with Crippen molar-refractivity contribution in [2.75, 3.05) is 13.7 Å². The van der Waals surface area contributed by atoms with E-state index in [4.69, 9.17) is 4.74 Å². The lowest BCUT2D eigenvalue weighted by Crippen LogP contribution is -2.40. The van der Waals surface area contributed by atoms with Gasteiger partial charge in [-0.15, -0.1) is 0 Å². The first-order valence-corrected chi connectivity index (χ1v) is 6.61. The van der Waals surface area contributed by atoms with Gasteiger partial charge in [0.05, 0.1) is 6.61 Å². The van der Waals surface area contributed by atoms with E-state index in [-0.39, 0.29) is 0 Å². The number of hydrogen-bond donors (Lipinski definition) is 1. The van der Waals surface area contributed by atoms with Crippen molar-refractivity contribution >= 4 is 0 Å². The van der Waals surface area contributed by atoms with Gasteiger partial charge < -0.3 is 10.1 Å². The highest BCUT2D eigenvalue weighted by molar-refractivity contribution is 4.76. The molecule has 0 aromatic rings. The summed E-state index contributed by atoms with van der Waals surface area (Å²) in [6.45, 7) is 3.11. The summed E-state index contributed by atoms with van der Waals surface area (Å²) in [6.07, 6.45) is 10.9. The summed E-state index contributed by atoms with van der Waals surface area (Å²) in [7, 11) is 1.80. The van der Waals surface area contributed by atoms with Gasteiger partial charge in [-0.2, -0.15) is 0 Å². The van der Waals surface area contributed by atoms with Crippen molar-refractivity contribution in [1.29, 1.82) is 0 Å². The Bertz CT molecular complexity index is 135. The standard InChI is InChI=1S/C13H27NO/c1-3-8-13(11-15-2)14-12-9-6-4-5-7-10-12/h12-14H,3-11H2,1-2H3. The maximum Gasteiger partial charge on any atom is 0.0615 e. The minimum atomic E-state index is 0.572. The molecule has 0 heterocycles. The summed E-state index contributed by atoms with van der Waals surface area (Å²) in [6, 6.07) is 1.32. The summed E-state index contributed by atoms with van der Waals surface area (Å²) in [4.78, 5) is 0. The number of ether oxygens (including phenoxy) is 1. The molecule has 1 N–H and O–H groups in total. The van der Waals surface area contributed by atoms with Crippen molar-refractivity contribution in [3.8, 4) is 0 Å². The smallest absolute Gasteiger partial charge is 0.0615 e. The van der Waals surface area contributed by atoms with E-state index in [9.17, 15) is 0 Å². The highest BCUT2D eigenvalue weighted by Crippen LogP contribution is 2.18. The molecule has 0 amide bonds. The molecule has 1 fully saturated rings. The Labute approximate surface area is 94.8 Å². The quantitative estimate of drug-likeness (QED) is 0.685. The number of methoxy groups -OCH3 is 1. The van der Waals surface area contributed by atoms with Crippen LogP contribution < -0.4 is 5.32 Å². The van der Waals surface area contributed by atoms with Gasteiger partial charge in [0.15, 0.2) is 0 Å². The Morgan fingerprint density at radius 2 is 1.87 bits per heavy atom. The van der Waals surface area contributed by atoms with Crippen LogP contribution in [-0.4, -0.2) is 25.8 Å². The molecule has 1 atom stereocenters. The van der Waals surface area contributed by atoms with Crippen molar-refractivity contribution in [2.24, 2.45) is 0 Å². The topological polar surface area (TPSA) is 21.3 Å². The van der Waals surface area contributed by atoms with E-state index in [0.29, 0.717) is 6.04 Å². The van der Waals surface area contributed by atoms with Crippen LogP contribution in [0.3, 0.4) is 0 Å². The van der Waals surface area contributed by atoms with Gasteiger partial charge in [0.25, 0.3) is 0 Å². The summed E-state index contributed by atoms with van der Waals surface area (Å²) in [5.41, 5.74) is 0. The molecule has 0 aromatic carbocycles. The van der Waals surface area contributed by atoms with E-state index < -0.39 is 0 Å². The zero-order valence-corrected chi connectivity index (χ0v) is 10.4. The molecule has 0 aliphatic heterocycles. The van der Waals surface area contributed by atoms with E-state index in [1.165, 1.54) is 51.4 Å². The maximum atomic E-state index is 5.27. The first-order chi connectivity index (χ1) is 7.36. The Morgan fingerprint density at radius 3 is 2.40 bits per heavy atom. The fourth-order valence-electron chi connectivity index (χ4n) is 2.54. The molecule has 2 heteroatoms. The van der Waals surface area contributed by atoms with Crippen LogP contribution in [0.5, 0.6) is 0 Å². The molecule has 2 nitrogen and oxygen atoms in total. The second-order valence-corrected chi connectivity index (χ2v) is 4.80. The van der Waals surface area contributed by atoms with Crippen LogP contribution in [0.1, 0.15) is 58.3 Å². The van der Waals surface area contributed by atoms with E-state index in [1.807, 2.05) is 0 Å². The fraction of sp³-hybridized carbons (Fsp3) is 1.00. The van der Waals surface area contributed by atoms with Crippen molar-refractivity contribution in [3.63, 3.8) is 0 Å². The SMILES string of the molecule is CCCC(COC)NC1CCCCCC1. The molecule has 0 bridgehead atoms. The molecule has 1 aliphatic rings. The molecule has 0 radical (unpaired) electrons. The molecule has 1 unspecified atom stereocenters. The molecule has 1 rings (SSSR count). The van der Waals surface area contributed by atoms with E-state index >= 15 is 0 Å². The predicted octanol–water partition coefficient (Wildman–Crippen LogP) is 3.11.